The molecule has 3 aromatic rings. The number of fused-ring (bicyclic) bond motifs is 2. The van der Waals surface area contributed by atoms with Crippen molar-refractivity contribution < 1.29 is 4.79 Å². The van der Waals surface area contributed by atoms with Gasteiger partial charge in [-0.3, -0.25) is 9.78 Å². The number of carbonyl (C=O) groups is 1. The van der Waals surface area contributed by atoms with Crippen molar-refractivity contribution >= 4 is 45.7 Å². The number of anilines is 1. The summed E-state index contributed by atoms with van der Waals surface area (Å²) in [6, 6.07) is 9.93. The predicted molar refractivity (Wildman–Crippen MR) is 127 cm³/mol. The van der Waals surface area contributed by atoms with Gasteiger partial charge in [-0.25, -0.2) is 4.98 Å². The third-order valence-electron chi connectivity index (χ3n) is 5.67. The summed E-state index contributed by atoms with van der Waals surface area (Å²) >= 11 is 11.7. The third-order valence-corrected chi connectivity index (χ3v) is 6.35. The van der Waals surface area contributed by atoms with Crippen molar-refractivity contribution in [3.63, 3.8) is 0 Å². The number of nitrogens with zero attached hydrogens (tertiary/aromatic N) is 2. The fourth-order valence-corrected chi connectivity index (χ4v) is 4.33. The maximum atomic E-state index is 12.2. The van der Waals surface area contributed by atoms with Gasteiger partial charge in [-0.05, 0) is 62.6 Å². The molecule has 2 N–H and O–H groups in total. The molecule has 0 saturated carbocycles. The van der Waals surface area contributed by atoms with E-state index in [1.165, 1.54) is 47.4 Å². The molecule has 0 spiro atoms. The molecule has 7 heteroatoms. The smallest absolute Gasteiger partial charge is 0.252 e. The molecule has 0 saturated heterocycles. The van der Waals surface area contributed by atoms with Gasteiger partial charge in [0.05, 0.1) is 16.1 Å². The summed E-state index contributed by atoms with van der Waals surface area (Å²) in [5.41, 5.74) is 5.41. The topological polar surface area (TPSA) is 66.9 Å². The number of benzene rings is 1. The van der Waals surface area contributed by atoms with Crippen molar-refractivity contribution in [1.29, 1.82) is 0 Å². The second kappa shape index (κ2) is 10.3. The number of para-hydroxylation sites is 1. The summed E-state index contributed by atoms with van der Waals surface area (Å²) in [6.07, 6.45) is 9.05. The third kappa shape index (κ3) is 5.28. The number of amides is 1. The zero-order chi connectivity index (χ0) is 21.6. The summed E-state index contributed by atoms with van der Waals surface area (Å²) < 4.78 is 0. The van der Waals surface area contributed by atoms with Gasteiger partial charge in [0, 0.05) is 36.1 Å². The minimum Gasteiger partial charge on any atom is -0.384 e. The molecule has 31 heavy (non-hydrogen) atoms. The van der Waals surface area contributed by atoms with E-state index in [-0.39, 0.29) is 16.1 Å². The summed E-state index contributed by atoms with van der Waals surface area (Å²) in [4.78, 5) is 21.0. The molecule has 1 aromatic carbocycles. The van der Waals surface area contributed by atoms with Crippen molar-refractivity contribution in [3.8, 4) is 0 Å². The van der Waals surface area contributed by atoms with Gasteiger partial charge in [0.1, 0.15) is 5.15 Å². The molecule has 2 heterocycles. The first-order valence-electron chi connectivity index (χ1n) is 10.9. The van der Waals surface area contributed by atoms with Gasteiger partial charge >= 0.3 is 0 Å². The van der Waals surface area contributed by atoms with E-state index in [0.717, 1.165) is 44.2 Å². The van der Waals surface area contributed by atoms with E-state index < -0.39 is 0 Å². The van der Waals surface area contributed by atoms with Crippen LogP contribution >= 0.6 is 23.2 Å². The van der Waals surface area contributed by atoms with E-state index in [2.05, 4.69) is 39.9 Å². The highest BCUT2D eigenvalue weighted by molar-refractivity contribution is 6.41. The number of hydrogen-bond donors (Lipinski definition) is 2. The zero-order valence-electron chi connectivity index (χ0n) is 17.4. The summed E-state index contributed by atoms with van der Waals surface area (Å²) in [5, 5.41) is 8.30. The predicted octanol–water partition coefficient (Wildman–Crippen LogP) is 5.83. The highest BCUT2D eigenvalue weighted by Crippen LogP contribution is 2.33. The average molecular weight is 457 g/mol. The molecule has 0 fully saturated rings. The minimum atomic E-state index is -0.181. The summed E-state index contributed by atoms with van der Waals surface area (Å²) in [7, 11) is 0. The Balaban J connectivity index is 1.25. The molecule has 0 radical (unpaired) electrons. The number of rotatable bonds is 8. The summed E-state index contributed by atoms with van der Waals surface area (Å²) in [5.74, 6) is -0.181. The van der Waals surface area contributed by atoms with Crippen molar-refractivity contribution in [2.24, 2.45) is 0 Å². The van der Waals surface area contributed by atoms with Crippen LogP contribution in [0.25, 0.3) is 10.9 Å². The molecule has 0 unspecified atom stereocenters. The van der Waals surface area contributed by atoms with Crippen LogP contribution in [0.15, 0.2) is 36.5 Å². The quantitative estimate of drug-likeness (QED) is 0.330. The van der Waals surface area contributed by atoms with E-state index in [4.69, 9.17) is 28.2 Å². The van der Waals surface area contributed by atoms with Gasteiger partial charge < -0.3 is 10.6 Å². The van der Waals surface area contributed by atoms with Gasteiger partial charge in [-0.15, -0.1) is 0 Å². The van der Waals surface area contributed by atoms with Crippen molar-refractivity contribution in [1.82, 2.24) is 15.3 Å². The van der Waals surface area contributed by atoms with Gasteiger partial charge in [-0.2, -0.15) is 0 Å². The van der Waals surface area contributed by atoms with E-state index in [1.54, 1.807) is 0 Å². The Hall–Kier alpha value is -2.37. The molecule has 0 atom stereocenters. The lowest BCUT2D eigenvalue weighted by Crippen LogP contribution is -2.24. The van der Waals surface area contributed by atoms with E-state index >= 15 is 0 Å². The zero-order valence-corrected chi connectivity index (χ0v) is 18.9. The Morgan fingerprint density at radius 3 is 2.71 bits per heavy atom. The minimum absolute atomic E-state index is 0.181. The Morgan fingerprint density at radius 1 is 1.03 bits per heavy atom. The monoisotopic (exact) mass is 456 g/mol. The molecular formula is C24H26Cl2N4O. The lowest BCUT2D eigenvalue weighted by molar-refractivity contribution is 0.0952. The number of pyridine rings is 2. The highest BCUT2D eigenvalue weighted by atomic mass is 35.5. The Labute approximate surface area is 192 Å². The molecule has 1 amide bonds. The van der Waals surface area contributed by atoms with E-state index in [9.17, 15) is 4.79 Å². The first-order chi connectivity index (χ1) is 15.1. The van der Waals surface area contributed by atoms with E-state index in [1.807, 2.05) is 0 Å². The fraction of sp³-hybridized carbons (Fsp3) is 0.375. The first-order valence-corrected chi connectivity index (χ1v) is 11.6. The number of unbranched alkanes of at least 4 members (excludes halogenated alkanes) is 2. The highest BCUT2D eigenvalue weighted by Gasteiger charge is 2.17. The van der Waals surface area contributed by atoms with Gasteiger partial charge in [0.15, 0.2) is 0 Å². The van der Waals surface area contributed by atoms with Crippen LogP contribution in [0.4, 0.5) is 5.69 Å². The van der Waals surface area contributed by atoms with Gasteiger partial charge in [0.2, 0.25) is 0 Å². The molecule has 0 bridgehead atoms. The van der Waals surface area contributed by atoms with Crippen molar-refractivity contribution in [3.05, 3.63) is 63.5 Å². The van der Waals surface area contributed by atoms with Crippen LogP contribution < -0.4 is 10.6 Å². The molecule has 0 aliphatic heterocycles. The van der Waals surface area contributed by atoms with Crippen LogP contribution in [-0.4, -0.2) is 29.0 Å². The number of aryl methyl sites for hydroxylation is 1. The van der Waals surface area contributed by atoms with E-state index in [0.29, 0.717) is 12.1 Å². The Bertz CT molecular complexity index is 1090. The van der Waals surface area contributed by atoms with Gasteiger partial charge in [-0.1, -0.05) is 41.4 Å². The van der Waals surface area contributed by atoms with Crippen LogP contribution in [-0.2, 0) is 12.8 Å². The SMILES string of the molecule is O=C(NCCCCCNc1c2c(nc3ccccc13)CCCC2)c1cnc(Cl)c(Cl)c1. The average Bonchev–Trinajstić information content (AvgIpc) is 2.79. The molecule has 2 aromatic heterocycles. The van der Waals surface area contributed by atoms with Gasteiger partial charge in [0.25, 0.3) is 5.91 Å². The van der Waals surface area contributed by atoms with Crippen LogP contribution in [0.5, 0.6) is 0 Å². The largest absolute Gasteiger partial charge is 0.384 e. The Morgan fingerprint density at radius 2 is 1.84 bits per heavy atom. The van der Waals surface area contributed by atoms with Crippen molar-refractivity contribution in [2.45, 2.75) is 44.9 Å². The lowest BCUT2D eigenvalue weighted by Gasteiger charge is -2.21. The van der Waals surface area contributed by atoms with Crippen LogP contribution in [0, 0.1) is 0 Å². The maximum absolute atomic E-state index is 12.2. The number of hydrogen-bond acceptors (Lipinski definition) is 4. The number of carbonyl (C=O) groups excluding carboxylic acids is 1. The van der Waals surface area contributed by atoms with Crippen LogP contribution in [0.1, 0.15) is 53.7 Å². The van der Waals surface area contributed by atoms with Crippen molar-refractivity contribution in [2.75, 3.05) is 18.4 Å². The molecule has 5 nitrogen and oxygen atoms in total. The number of halogens is 2. The first kappa shape index (κ1) is 21.8. The fourth-order valence-electron chi connectivity index (χ4n) is 4.06. The maximum Gasteiger partial charge on any atom is 0.252 e. The molecule has 1 aliphatic rings. The standard InChI is InChI=1S/C24H26Cl2N4O/c25-19-14-16(15-29-23(19)26)24(31)28-13-7-1-6-12-27-22-17-8-2-4-10-20(17)30-21-11-5-3-9-18(21)22/h2,4,8,10,14-15H,1,3,5-7,9,11-13H2,(H,27,30)(H,28,31). The lowest BCUT2D eigenvalue weighted by atomic mass is 9.92. The summed E-state index contributed by atoms with van der Waals surface area (Å²) in [6.45, 7) is 1.53. The molecule has 4 rings (SSSR count). The molecule has 1 aliphatic carbocycles. The Kier molecular flexibility index (Phi) is 7.25. The normalized spacial score (nSPS) is 13.1. The number of nitrogens with one attached hydrogen (secondary N) is 2. The second-order valence-electron chi connectivity index (χ2n) is 7.88. The molecular weight excluding hydrogens is 431 g/mol. The second-order valence-corrected chi connectivity index (χ2v) is 8.64. The van der Waals surface area contributed by atoms with Crippen LogP contribution in [0.2, 0.25) is 10.2 Å². The number of aromatic nitrogens is 2. The molecule has 162 valence electrons. The van der Waals surface area contributed by atoms with Crippen LogP contribution in [0.3, 0.4) is 0 Å².